The second kappa shape index (κ2) is 6.09. The summed E-state index contributed by atoms with van der Waals surface area (Å²) in [4.78, 5) is 34.0. The molecular formula is C11H10N4O5. The second-order valence-electron chi connectivity index (χ2n) is 3.44. The second-order valence-corrected chi connectivity index (χ2v) is 3.44. The van der Waals surface area contributed by atoms with E-state index in [1.807, 2.05) is 10.9 Å². The number of nitrogens with one attached hydrogen (secondary N) is 4. The first-order valence-electron chi connectivity index (χ1n) is 5.40. The Kier molecular flexibility index (Phi) is 4.02. The summed E-state index contributed by atoms with van der Waals surface area (Å²) >= 11 is 0. The van der Waals surface area contributed by atoms with Gasteiger partial charge in [0.05, 0.1) is 12.5 Å². The van der Waals surface area contributed by atoms with Crippen LogP contribution in [-0.2, 0) is 0 Å². The fraction of sp³-hybridized carbons (Fsp3) is 0. The van der Waals surface area contributed by atoms with E-state index in [-0.39, 0.29) is 11.5 Å². The number of hydrogen-bond donors (Lipinski definition) is 4. The molecule has 0 aliphatic heterocycles. The van der Waals surface area contributed by atoms with E-state index in [9.17, 15) is 14.4 Å². The van der Waals surface area contributed by atoms with E-state index in [0.717, 1.165) is 0 Å². The first-order valence-corrected chi connectivity index (χ1v) is 5.40. The summed E-state index contributed by atoms with van der Waals surface area (Å²) < 4.78 is 9.62. The molecule has 104 valence electrons. The molecule has 2 aromatic rings. The van der Waals surface area contributed by atoms with Gasteiger partial charge in [-0.05, 0) is 24.3 Å². The highest BCUT2D eigenvalue weighted by atomic mass is 16.3. The van der Waals surface area contributed by atoms with Crippen molar-refractivity contribution < 1.29 is 23.2 Å². The summed E-state index contributed by atoms with van der Waals surface area (Å²) in [5.74, 6) is -1.21. The van der Waals surface area contributed by atoms with Gasteiger partial charge in [0.2, 0.25) is 0 Å². The van der Waals surface area contributed by atoms with Crippen molar-refractivity contribution in [3.8, 4) is 0 Å². The van der Waals surface area contributed by atoms with E-state index in [0.29, 0.717) is 0 Å². The molecule has 9 nitrogen and oxygen atoms in total. The number of hydrogen-bond acceptors (Lipinski definition) is 5. The van der Waals surface area contributed by atoms with Crippen LogP contribution in [0.5, 0.6) is 0 Å². The molecule has 0 unspecified atom stereocenters. The van der Waals surface area contributed by atoms with Crippen molar-refractivity contribution in [1.82, 2.24) is 21.7 Å². The first kappa shape index (κ1) is 13.2. The van der Waals surface area contributed by atoms with Crippen molar-refractivity contribution in [3.63, 3.8) is 0 Å². The van der Waals surface area contributed by atoms with Crippen molar-refractivity contribution in [2.24, 2.45) is 0 Å². The maximum Gasteiger partial charge on any atom is 0.352 e. The van der Waals surface area contributed by atoms with Crippen LogP contribution in [0.2, 0.25) is 0 Å². The van der Waals surface area contributed by atoms with Crippen molar-refractivity contribution in [2.45, 2.75) is 0 Å². The molecule has 20 heavy (non-hydrogen) atoms. The Hall–Kier alpha value is -3.23. The Morgan fingerprint density at radius 2 is 1.20 bits per heavy atom. The smallest absolute Gasteiger partial charge is 0.352 e. The Bertz CT molecular complexity index is 538. The van der Waals surface area contributed by atoms with Gasteiger partial charge in [0, 0.05) is 0 Å². The molecule has 0 saturated carbocycles. The molecule has 4 amide bonds. The lowest BCUT2D eigenvalue weighted by atomic mass is 10.4. The van der Waals surface area contributed by atoms with Gasteiger partial charge in [0.1, 0.15) is 0 Å². The fourth-order valence-electron chi connectivity index (χ4n) is 1.20. The minimum absolute atomic E-state index is 0.0323. The predicted molar refractivity (Wildman–Crippen MR) is 64.0 cm³/mol. The molecule has 0 aromatic carbocycles. The van der Waals surface area contributed by atoms with Crippen molar-refractivity contribution in [3.05, 3.63) is 48.3 Å². The van der Waals surface area contributed by atoms with E-state index in [1.165, 1.54) is 36.8 Å². The zero-order valence-electron chi connectivity index (χ0n) is 10.0. The Morgan fingerprint density at radius 1 is 0.750 bits per heavy atom. The van der Waals surface area contributed by atoms with Gasteiger partial charge in [-0.1, -0.05) is 0 Å². The lowest BCUT2D eigenvalue weighted by molar-refractivity contribution is 0.0900. The zero-order chi connectivity index (χ0) is 14.4. The van der Waals surface area contributed by atoms with Gasteiger partial charge in [-0.15, -0.1) is 0 Å². The molecule has 0 fully saturated rings. The summed E-state index contributed by atoms with van der Waals surface area (Å²) in [5, 5.41) is 0. The number of hydrazine groups is 2. The lowest BCUT2D eigenvalue weighted by Gasteiger charge is -2.08. The molecule has 0 bridgehead atoms. The van der Waals surface area contributed by atoms with Crippen LogP contribution < -0.4 is 21.7 Å². The third-order valence-corrected chi connectivity index (χ3v) is 2.07. The van der Waals surface area contributed by atoms with E-state index in [2.05, 4.69) is 10.9 Å². The largest absolute Gasteiger partial charge is 0.459 e. The van der Waals surface area contributed by atoms with Gasteiger partial charge < -0.3 is 8.83 Å². The minimum atomic E-state index is -0.843. The van der Waals surface area contributed by atoms with Crippen molar-refractivity contribution >= 4 is 17.8 Å². The number of urea groups is 1. The van der Waals surface area contributed by atoms with Gasteiger partial charge >= 0.3 is 17.8 Å². The summed E-state index contributed by atoms with van der Waals surface area (Å²) in [5.41, 5.74) is 8.18. The number of carbonyl (C=O) groups is 3. The fourth-order valence-corrected chi connectivity index (χ4v) is 1.20. The maximum atomic E-state index is 11.4. The molecule has 2 aromatic heterocycles. The van der Waals surface area contributed by atoms with Crippen LogP contribution in [0.25, 0.3) is 0 Å². The van der Waals surface area contributed by atoms with Gasteiger partial charge in [-0.25, -0.2) is 15.6 Å². The number of carbonyl (C=O) groups excluding carboxylic acids is 3. The highest BCUT2D eigenvalue weighted by molar-refractivity contribution is 5.94. The van der Waals surface area contributed by atoms with Gasteiger partial charge in [0.25, 0.3) is 0 Å². The number of rotatable bonds is 2. The van der Waals surface area contributed by atoms with Crippen LogP contribution in [-0.4, -0.2) is 17.8 Å². The highest BCUT2D eigenvalue weighted by Crippen LogP contribution is 1.98. The highest BCUT2D eigenvalue weighted by Gasteiger charge is 2.11. The van der Waals surface area contributed by atoms with Crippen LogP contribution in [0.15, 0.2) is 45.6 Å². The molecule has 0 atom stereocenters. The first-order chi connectivity index (χ1) is 9.66. The minimum Gasteiger partial charge on any atom is -0.459 e. The summed E-state index contributed by atoms with van der Waals surface area (Å²) in [6.07, 6.45) is 2.64. The maximum absolute atomic E-state index is 11.4. The Morgan fingerprint density at radius 3 is 1.55 bits per heavy atom. The SMILES string of the molecule is O=C(NNC(=O)c1ccco1)NNC(=O)c1ccco1. The van der Waals surface area contributed by atoms with Gasteiger partial charge in [-0.3, -0.25) is 20.4 Å². The third kappa shape index (κ3) is 3.38. The van der Waals surface area contributed by atoms with Gasteiger partial charge in [-0.2, -0.15) is 0 Å². The quantitative estimate of drug-likeness (QED) is 0.582. The zero-order valence-corrected chi connectivity index (χ0v) is 10.0. The molecule has 0 aliphatic rings. The monoisotopic (exact) mass is 278 g/mol. The standard InChI is InChI=1S/C11H10N4O5/c16-9(7-3-1-5-19-7)12-14-11(18)15-13-10(17)8-4-2-6-20-8/h1-6H,(H,12,16)(H,13,17)(H2,14,15,18). The summed E-state index contributed by atoms with van der Waals surface area (Å²) in [7, 11) is 0. The van der Waals surface area contributed by atoms with Crippen LogP contribution >= 0.6 is 0 Å². The Labute approximate surface area is 112 Å². The van der Waals surface area contributed by atoms with Gasteiger partial charge in [0.15, 0.2) is 11.5 Å². The van der Waals surface area contributed by atoms with Crippen molar-refractivity contribution in [2.75, 3.05) is 0 Å². The normalized spacial score (nSPS) is 9.60. The molecule has 0 spiro atoms. The van der Waals surface area contributed by atoms with Crippen molar-refractivity contribution in [1.29, 1.82) is 0 Å². The van der Waals surface area contributed by atoms with Crippen LogP contribution in [0, 0.1) is 0 Å². The number of furan rings is 2. The third-order valence-electron chi connectivity index (χ3n) is 2.07. The topological polar surface area (TPSA) is 126 Å². The lowest BCUT2D eigenvalue weighted by Crippen LogP contribution is -2.52. The average Bonchev–Trinajstić information content (AvgIpc) is 3.14. The van der Waals surface area contributed by atoms with Crippen LogP contribution in [0.3, 0.4) is 0 Å². The van der Waals surface area contributed by atoms with E-state index in [1.54, 1.807) is 0 Å². The predicted octanol–water partition coefficient (Wildman–Crippen LogP) is 0.162. The van der Waals surface area contributed by atoms with E-state index < -0.39 is 17.8 Å². The molecule has 0 radical (unpaired) electrons. The van der Waals surface area contributed by atoms with Crippen LogP contribution in [0.1, 0.15) is 21.1 Å². The molecule has 0 aliphatic carbocycles. The van der Waals surface area contributed by atoms with E-state index in [4.69, 9.17) is 8.83 Å². The Balaban J connectivity index is 1.71. The molecular weight excluding hydrogens is 268 g/mol. The molecule has 0 saturated heterocycles. The summed E-state index contributed by atoms with van der Waals surface area (Å²) in [6.45, 7) is 0. The average molecular weight is 278 g/mol. The molecule has 4 N–H and O–H groups in total. The summed E-state index contributed by atoms with van der Waals surface area (Å²) in [6, 6.07) is 5.06. The molecule has 2 rings (SSSR count). The number of amides is 4. The molecule has 2 heterocycles. The van der Waals surface area contributed by atoms with E-state index >= 15 is 0 Å². The molecule has 9 heteroatoms. The van der Waals surface area contributed by atoms with Crippen LogP contribution in [0.4, 0.5) is 4.79 Å².